The smallest absolute Gasteiger partial charge is 0.223 e. The second-order valence-electron chi connectivity index (χ2n) is 5.49. The van der Waals surface area contributed by atoms with E-state index >= 15 is 0 Å². The first kappa shape index (κ1) is 14.0. The van der Waals surface area contributed by atoms with Gasteiger partial charge in [-0.2, -0.15) is 0 Å². The van der Waals surface area contributed by atoms with Crippen LogP contribution in [0.5, 0.6) is 0 Å². The Hall–Kier alpha value is -1.95. The largest absolute Gasteiger partial charge is 0.381 e. The van der Waals surface area contributed by atoms with Gasteiger partial charge in [-0.05, 0) is 31.7 Å². The lowest BCUT2D eigenvalue weighted by atomic mass is 9.91. The fourth-order valence-electron chi connectivity index (χ4n) is 2.78. The lowest BCUT2D eigenvalue weighted by molar-refractivity contribution is 0.0593. The van der Waals surface area contributed by atoms with Gasteiger partial charge >= 0.3 is 0 Å². The lowest BCUT2D eigenvalue weighted by Crippen LogP contribution is -2.29. The molecule has 6 nitrogen and oxygen atoms in total. The molecule has 1 saturated heterocycles. The van der Waals surface area contributed by atoms with Crippen molar-refractivity contribution in [2.75, 3.05) is 18.5 Å². The zero-order valence-corrected chi connectivity index (χ0v) is 12.5. The van der Waals surface area contributed by atoms with Crippen LogP contribution in [0.2, 0.25) is 0 Å². The maximum absolute atomic E-state index is 5.48. The predicted molar refractivity (Wildman–Crippen MR) is 79.9 cm³/mol. The quantitative estimate of drug-likeness (QED) is 0.933. The molecule has 1 aliphatic rings. The zero-order valence-electron chi connectivity index (χ0n) is 12.5. The number of aromatic nitrogens is 4. The third-order valence-electron chi connectivity index (χ3n) is 3.95. The van der Waals surface area contributed by atoms with Gasteiger partial charge in [0, 0.05) is 44.5 Å². The van der Waals surface area contributed by atoms with Crippen molar-refractivity contribution in [2.45, 2.75) is 25.8 Å². The molecule has 0 amide bonds. The first-order chi connectivity index (χ1) is 10.2. The Bertz CT molecular complexity index is 591. The summed E-state index contributed by atoms with van der Waals surface area (Å²) < 4.78 is 7.54. The molecule has 2 aromatic rings. The monoisotopic (exact) mass is 287 g/mol. The van der Waals surface area contributed by atoms with E-state index in [0.29, 0.717) is 11.9 Å². The topological polar surface area (TPSA) is 64.9 Å². The molecule has 1 atom stereocenters. The number of ether oxygens (including phenoxy) is 1. The molecule has 0 aliphatic carbocycles. The summed E-state index contributed by atoms with van der Waals surface area (Å²) in [6, 6.07) is 2.01. The van der Waals surface area contributed by atoms with Crippen LogP contribution in [-0.4, -0.2) is 32.7 Å². The normalized spacial score (nSPS) is 17.6. The van der Waals surface area contributed by atoms with Gasteiger partial charge in [-0.3, -0.25) is 0 Å². The van der Waals surface area contributed by atoms with Crippen molar-refractivity contribution < 1.29 is 4.74 Å². The van der Waals surface area contributed by atoms with Crippen molar-refractivity contribution in [1.82, 2.24) is 19.5 Å². The molecule has 112 valence electrons. The van der Waals surface area contributed by atoms with Crippen LogP contribution in [0.4, 0.5) is 5.95 Å². The minimum atomic E-state index is 0.107. The summed E-state index contributed by atoms with van der Waals surface area (Å²) in [5, 5.41) is 3.47. The maximum atomic E-state index is 5.48. The Morgan fingerprint density at radius 1 is 1.29 bits per heavy atom. The molecule has 1 fully saturated rings. The van der Waals surface area contributed by atoms with Crippen molar-refractivity contribution in [1.29, 1.82) is 0 Å². The van der Waals surface area contributed by atoms with Crippen LogP contribution in [0.15, 0.2) is 24.7 Å². The van der Waals surface area contributed by atoms with Gasteiger partial charge in [0.05, 0.1) is 6.04 Å². The van der Waals surface area contributed by atoms with E-state index in [1.54, 1.807) is 6.20 Å². The molecule has 1 aliphatic heterocycles. The van der Waals surface area contributed by atoms with Gasteiger partial charge in [0.2, 0.25) is 5.95 Å². The molecular weight excluding hydrogens is 266 g/mol. The molecule has 3 rings (SSSR count). The standard InChI is InChI=1S/C15H21N5O/c1-11-3-6-17-15(18-11)19-13(12-4-9-21-10-5-12)14-16-7-8-20(14)2/h3,6-8,12-13H,4-5,9-10H2,1-2H3,(H,17,18,19). The molecule has 2 aromatic heterocycles. The number of anilines is 1. The molecule has 3 heterocycles. The molecule has 1 N–H and O–H groups in total. The summed E-state index contributed by atoms with van der Waals surface area (Å²) in [5.74, 6) is 2.16. The molecule has 0 radical (unpaired) electrons. The highest BCUT2D eigenvalue weighted by Gasteiger charge is 2.28. The Labute approximate surface area is 124 Å². The molecule has 21 heavy (non-hydrogen) atoms. The first-order valence-corrected chi connectivity index (χ1v) is 7.35. The molecule has 0 spiro atoms. The number of nitrogens with one attached hydrogen (secondary N) is 1. The van der Waals surface area contributed by atoms with E-state index in [4.69, 9.17) is 4.74 Å². The van der Waals surface area contributed by atoms with Crippen molar-refractivity contribution in [3.8, 4) is 0 Å². The summed E-state index contributed by atoms with van der Waals surface area (Å²) in [6.45, 7) is 3.58. The fraction of sp³-hybridized carbons (Fsp3) is 0.533. The minimum absolute atomic E-state index is 0.107. The van der Waals surface area contributed by atoms with Crippen molar-refractivity contribution in [2.24, 2.45) is 13.0 Å². The number of aryl methyl sites for hydroxylation is 2. The Kier molecular flexibility index (Phi) is 4.15. The Morgan fingerprint density at radius 3 is 2.76 bits per heavy atom. The van der Waals surface area contributed by atoms with Gasteiger partial charge in [0.15, 0.2) is 0 Å². The first-order valence-electron chi connectivity index (χ1n) is 7.35. The van der Waals surface area contributed by atoms with Crippen LogP contribution >= 0.6 is 0 Å². The molecule has 0 saturated carbocycles. The zero-order chi connectivity index (χ0) is 14.7. The van der Waals surface area contributed by atoms with Crippen molar-refractivity contribution >= 4 is 5.95 Å². The van der Waals surface area contributed by atoms with E-state index in [1.165, 1.54) is 0 Å². The Balaban J connectivity index is 1.86. The number of rotatable bonds is 4. The molecule has 6 heteroatoms. The second-order valence-corrected chi connectivity index (χ2v) is 5.49. The number of imidazole rings is 1. The van der Waals surface area contributed by atoms with Crippen LogP contribution in [0, 0.1) is 12.8 Å². The SMILES string of the molecule is Cc1ccnc(NC(c2nccn2C)C2CCOCC2)n1. The van der Waals surface area contributed by atoms with Crippen molar-refractivity contribution in [3.63, 3.8) is 0 Å². The van der Waals surface area contributed by atoms with Gasteiger partial charge in [0.25, 0.3) is 0 Å². The highest BCUT2D eigenvalue weighted by molar-refractivity contribution is 5.29. The second kappa shape index (κ2) is 6.22. The summed E-state index contributed by atoms with van der Waals surface area (Å²) in [7, 11) is 2.02. The number of hydrogen-bond donors (Lipinski definition) is 1. The molecule has 0 bridgehead atoms. The summed E-state index contributed by atoms with van der Waals surface area (Å²) in [5.41, 5.74) is 0.957. The third-order valence-corrected chi connectivity index (χ3v) is 3.95. The predicted octanol–water partition coefficient (Wildman–Crippen LogP) is 2.10. The number of hydrogen-bond acceptors (Lipinski definition) is 5. The van der Waals surface area contributed by atoms with Crippen molar-refractivity contribution in [3.05, 3.63) is 36.2 Å². The van der Waals surface area contributed by atoms with Crippen LogP contribution in [0.1, 0.15) is 30.4 Å². The summed E-state index contributed by atoms with van der Waals surface area (Å²) in [4.78, 5) is 13.3. The van der Waals surface area contributed by atoms with Crippen LogP contribution in [0.3, 0.4) is 0 Å². The van der Waals surface area contributed by atoms with Gasteiger partial charge in [-0.1, -0.05) is 0 Å². The molecule has 0 aromatic carbocycles. The third kappa shape index (κ3) is 3.21. The van der Waals surface area contributed by atoms with E-state index in [0.717, 1.165) is 37.6 Å². The maximum Gasteiger partial charge on any atom is 0.223 e. The van der Waals surface area contributed by atoms with Gasteiger partial charge in [-0.15, -0.1) is 0 Å². The summed E-state index contributed by atoms with van der Waals surface area (Å²) in [6.07, 6.45) is 7.64. The highest BCUT2D eigenvalue weighted by Crippen LogP contribution is 2.31. The summed E-state index contributed by atoms with van der Waals surface area (Å²) >= 11 is 0. The molecular formula is C15H21N5O. The molecule has 1 unspecified atom stereocenters. The van der Waals surface area contributed by atoms with Crippen LogP contribution < -0.4 is 5.32 Å². The minimum Gasteiger partial charge on any atom is -0.381 e. The fourth-order valence-corrected chi connectivity index (χ4v) is 2.78. The highest BCUT2D eigenvalue weighted by atomic mass is 16.5. The van der Waals surface area contributed by atoms with E-state index in [9.17, 15) is 0 Å². The van der Waals surface area contributed by atoms with Gasteiger partial charge in [-0.25, -0.2) is 15.0 Å². The van der Waals surface area contributed by atoms with Crippen LogP contribution in [-0.2, 0) is 11.8 Å². The van der Waals surface area contributed by atoms with Crippen LogP contribution in [0.25, 0.3) is 0 Å². The van der Waals surface area contributed by atoms with Gasteiger partial charge < -0.3 is 14.6 Å². The average molecular weight is 287 g/mol. The number of nitrogens with zero attached hydrogens (tertiary/aromatic N) is 4. The van der Waals surface area contributed by atoms with Gasteiger partial charge in [0.1, 0.15) is 5.82 Å². The van der Waals surface area contributed by atoms with E-state index in [1.807, 2.05) is 32.4 Å². The lowest BCUT2D eigenvalue weighted by Gasteiger charge is -2.30. The van der Waals surface area contributed by atoms with E-state index < -0.39 is 0 Å². The Morgan fingerprint density at radius 2 is 2.10 bits per heavy atom. The van der Waals surface area contributed by atoms with E-state index in [2.05, 4.69) is 24.8 Å². The van der Waals surface area contributed by atoms with E-state index in [-0.39, 0.29) is 6.04 Å². The average Bonchev–Trinajstić information content (AvgIpc) is 2.92.